The quantitative estimate of drug-likeness (QED) is 0.258. The Morgan fingerprint density at radius 1 is 0.703 bits per heavy atom. The van der Waals surface area contributed by atoms with Gasteiger partial charge < -0.3 is 14.2 Å². The molecule has 0 aliphatic rings. The Morgan fingerprint density at radius 2 is 1.14 bits per heavy atom. The van der Waals surface area contributed by atoms with Crippen LogP contribution < -0.4 is 20.1 Å². The molecule has 0 unspecified atom stereocenters. The van der Waals surface area contributed by atoms with Gasteiger partial charge in [-0.15, -0.1) is 20.4 Å². The fourth-order valence-corrected chi connectivity index (χ4v) is 4.66. The fourth-order valence-electron chi connectivity index (χ4n) is 3.22. The van der Waals surface area contributed by atoms with Crippen molar-refractivity contribution in [3.8, 4) is 11.5 Å². The number of carbonyl (C=O) groups excluding carboxylic acids is 2. The summed E-state index contributed by atoms with van der Waals surface area (Å²) in [6.45, 7) is 0.872. The third kappa shape index (κ3) is 7.06. The molecule has 0 aliphatic carbocycles. The van der Waals surface area contributed by atoms with E-state index in [0.717, 1.165) is 10.0 Å². The van der Waals surface area contributed by atoms with E-state index in [1.165, 1.54) is 36.9 Å². The van der Waals surface area contributed by atoms with E-state index < -0.39 is 0 Å². The minimum absolute atomic E-state index is 0.313. The van der Waals surface area contributed by atoms with Crippen LogP contribution in [0, 0.1) is 0 Å². The summed E-state index contributed by atoms with van der Waals surface area (Å²) < 4.78 is 16.1. The Labute approximate surface area is 220 Å². The van der Waals surface area contributed by atoms with Gasteiger partial charge in [0.05, 0.1) is 38.6 Å². The average Bonchev–Trinajstić information content (AvgIpc) is 3.57. The molecule has 2 heterocycles. The highest BCUT2D eigenvalue weighted by Gasteiger charge is 2.15. The van der Waals surface area contributed by atoms with Crippen molar-refractivity contribution in [3.63, 3.8) is 0 Å². The summed E-state index contributed by atoms with van der Waals surface area (Å²) >= 11 is 2.58. The van der Waals surface area contributed by atoms with Gasteiger partial charge in [0.2, 0.25) is 10.3 Å². The predicted octanol–water partition coefficient (Wildman–Crippen LogP) is 3.71. The third-order valence-corrected chi connectivity index (χ3v) is 6.80. The lowest BCUT2D eigenvalue weighted by atomic mass is 10.2. The monoisotopic (exact) mass is 540 g/mol. The van der Waals surface area contributed by atoms with Crippen molar-refractivity contribution in [2.45, 2.75) is 12.8 Å². The number of ether oxygens (including phenoxy) is 3. The molecule has 2 amide bonds. The number of para-hydroxylation sites is 2. The molecule has 0 spiro atoms. The maximum Gasteiger partial charge on any atom is 0.261 e. The zero-order valence-corrected chi connectivity index (χ0v) is 21.7. The van der Waals surface area contributed by atoms with Crippen LogP contribution in [0.4, 0.5) is 10.3 Å². The van der Waals surface area contributed by atoms with Gasteiger partial charge >= 0.3 is 0 Å². The molecule has 2 aromatic heterocycles. The average molecular weight is 541 g/mol. The van der Waals surface area contributed by atoms with Crippen molar-refractivity contribution in [2.24, 2.45) is 0 Å². The summed E-state index contributed by atoms with van der Waals surface area (Å²) in [5, 5.41) is 24.0. The standard InChI is InChI=1S/C24H24N6O5S2/c1-33-17-9-5-3-7-15(17)21(31)25-23-29-27-19(36-23)11-13-35-14-12-20-28-30-24(37-20)26-22(32)16-8-4-6-10-18(16)34-2/h3-10H,11-14H2,1-2H3,(H,25,29,31)(H,26,30,32). The van der Waals surface area contributed by atoms with Gasteiger partial charge in [-0.1, -0.05) is 46.9 Å². The van der Waals surface area contributed by atoms with E-state index in [1.807, 2.05) is 0 Å². The first-order valence-corrected chi connectivity index (χ1v) is 12.8. The summed E-state index contributed by atoms with van der Waals surface area (Å²) in [5.74, 6) is 0.345. The molecule has 0 saturated heterocycles. The summed E-state index contributed by atoms with van der Waals surface area (Å²) in [5.41, 5.74) is 0.841. The molecule has 0 aliphatic heterocycles. The van der Waals surface area contributed by atoms with Crippen molar-refractivity contribution in [1.82, 2.24) is 20.4 Å². The normalized spacial score (nSPS) is 10.6. The van der Waals surface area contributed by atoms with Crippen LogP contribution in [0.25, 0.3) is 0 Å². The van der Waals surface area contributed by atoms with Gasteiger partial charge in [-0.05, 0) is 24.3 Å². The number of amides is 2. The molecule has 2 N–H and O–H groups in total. The maximum atomic E-state index is 12.5. The van der Waals surface area contributed by atoms with Gasteiger partial charge in [0, 0.05) is 12.8 Å². The SMILES string of the molecule is COc1ccccc1C(=O)Nc1nnc(CCOCCc2nnc(NC(=O)c3ccccc3OC)s2)s1. The van der Waals surface area contributed by atoms with Crippen LogP contribution in [0.3, 0.4) is 0 Å². The van der Waals surface area contributed by atoms with Crippen LogP contribution in [0.15, 0.2) is 48.5 Å². The molecule has 4 rings (SSSR count). The van der Waals surface area contributed by atoms with Crippen molar-refractivity contribution >= 4 is 44.8 Å². The lowest BCUT2D eigenvalue weighted by molar-refractivity contribution is 0.101. The van der Waals surface area contributed by atoms with Crippen molar-refractivity contribution in [2.75, 3.05) is 38.1 Å². The number of methoxy groups -OCH3 is 2. The van der Waals surface area contributed by atoms with E-state index in [2.05, 4.69) is 31.0 Å². The van der Waals surface area contributed by atoms with E-state index in [9.17, 15) is 9.59 Å². The first kappa shape index (κ1) is 26.1. The Hall–Kier alpha value is -3.94. The van der Waals surface area contributed by atoms with Crippen LogP contribution in [0.2, 0.25) is 0 Å². The van der Waals surface area contributed by atoms with Crippen LogP contribution in [-0.2, 0) is 17.6 Å². The highest BCUT2D eigenvalue weighted by Crippen LogP contribution is 2.23. The van der Waals surface area contributed by atoms with Gasteiger partial charge in [0.15, 0.2) is 0 Å². The van der Waals surface area contributed by atoms with E-state index in [-0.39, 0.29) is 11.8 Å². The van der Waals surface area contributed by atoms with Crippen molar-refractivity contribution < 1.29 is 23.8 Å². The zero-order valence-electron chi connectivity index (χ0n) is 20.1. The number of anilines is 2. The molecule has 13 heteroatoms. The summed E-state index contributed by atoms with van der Waals surface area (Å²) in [6, 6.07) is 13.9. The molecule has 0 saturated carbocycles. The number of nitrogens with zero attached hydrogens (tertiary/aromatic N) is 4. The summed E-state index contributed by atoms with van der Waals surface area (Å²) in [7, 11) is 3.03. The predicted molar refractivity (Wildman–Crippen MR) is 140 cm³/mol. The van der Waals surface area contributed by atoms with Crippen molar-refractivity contribution in [3.05, 3.63) is 69.7 Å². The zero-order chi connectivity index (χ0) is 26.0. The lowest BCUT2D eigenvalue weighted by Gasteiger charge is -2.06. The first-order valence-electron chi connectivity index (χ1n) is 11.2. The highest BCUT2D eigenvalue weighted by molar-refractivity contribution is 7.15. The Morgan fingerprint density at radius 3 is 1.57 bits per heavy atom. The van der Waals surface area contributed by atoms with E-state index in [0.29, 0.717) is 58.9 Å². The maximum absolute atomic E-state index is 12.5. The first-order chi connectivity index (χ1) is 18.1. The number of aromatic nitrogens is 4. The molecule has 4 aromatic rings. The number of carbonyl (C=O) groups is 2. The van der Waals surface area contributed by atoms with E-state index >= 15 is 0 Å². The number of hydrogen-bond acceptors (Lipinski definition) is 11. The molecule has 0 fully saturated rings. The van der Waals surface area contributed by atoms with Crippen LogP contribution >= 0.6 is 22.7 Å². The van der Waals surface area contributed by atoms with Gasteiger partial charge in [-0.25, -0.2) is 0 Å². The second-order valence-corrected chi connectivity index (χ2v) is 9.55. The van der Waals surface area contributed by atoms with Crippen LogP contribution in [0.5, 0.6) is 11.5 Å². The third-order valence-electron chi connectivity index (χ3n) is 5.00. The summed E-state index contributed by atoms with van der Waals surface area (Å²) in [4.78, 5) is 25.0. The molecule has 37 heavy (non-hydrogen) atoms. The lowest BCUT2D eigenvalue weighted by Crippen LogP contribution is -2.12. The molecule has 192 valence electrons. The molecule has 2 aromatic carbocycles. The Kier molecular flexibility index (Phi) is 9.08. The molecule has 0 radical (unpaired) electrons. The fraction of sp³-hybridized carbons (Fsp3) is 0.250. The number of rotatable bonds is 12. The van der Waals surface area contributed by atoms with Crippen LogP contribution in [-0.4, -0.2) is 59.6 Å². The minimum atomic E-state index is -0.313. The van der Waals surface area contributed by atoms with Gasteiger partial charge in [0.25, 0.3) is 11.8 Å². The molecule has 0 bridgehead atoms. The van der Waals surface area contributed by atoms with E-state index in [1.54, 1.807) is 48.5 Å². The summed E-state index contributed by atoms with van der Waals surface area (Å²) in [6.07, 6.45) is 1.11. The van der Waals surface area contributed by atoms with Gasteiger partial charge in [-0.2, -0.15) is 0 Å². The molecular weight excluding hydrogens is 516 g/mol. The number of hydrogen-bond donors (Lipinski definition) is 2. The highest BCUT2D eigenvalue weighted by atomic mass is 32.1. The topological polar surface area (TPSA) is 137 Å². The molecule has 0 atom stereocenters. The number of benzene rings is 2. The largest absolute Gasteiger partial charge is 0.496 e. The molecule has 11 nitrogen and oxygen atoms in total. The molecular formula is C24H24N6O5S2. The second kappa shape index (κ2) is 12.9. The number of nitrogens with one attached hydrogen (secondary N) is 2. The Bertz CT molecular complexity index is 1260. The smallest absolute Gasteiger partial charge is 0.261 e. The van der Waals surface area contributed by atoms with Gasteiger partial charge in [0.1, 0.15) is 21.5 Å². The van der Waals surface area contributed by atoms with Crippen molar-refractivity contribution in [1.29, 1.82) is 0 Å². The second-order valence-electron chi connectivity index (χ2n) is 7.42. The van der Waals surface area contributed by atoms with E-state index in [4.69, 9.17) is 14.2 Å². The van der Waals surface area contributed by atoms with Gasteiger partial charge in [-0.3, -0.25) is 20.2 Å². The minimum Gasteiger partial charge on any atom is -0.496 e. The van der Waals surface area contributed by atoms with Crippen LogP contribution in [0.1, 0.15) is 30.7 Å². The Balaban J connectivity index is 1.18.